The fraction of sp³-hybridized carbons (Fsp3) is 0.455. The lowest BCUT2D eigenvalue weighted by Crippen LogP contribution is -2.37. The Balaban J connectivity index is 2.18. The second kappa shape index (κ2) is 4.73. The second-order valence-electron chi connectivity index (χ2n) is 3.95. The third-order valence-electron chi connectivity index (χ3n) is 2.76. The fourth-order valence-corrected chi connectivity index (χ4v) is 3.60. The van der Waals surface area contributed by atoms with Gasteiger partial charge in [0, 0.05) is 18.1 Å². The molecule has 1 aromatic rings. The van der Waals surface area contributed by atoms with Crippen molar-refractivity contribution in [2.45, 2.75) is 19.4 Å². The van der Waals surface area contributed by atoms with Crippen LogP contribution in [0.5, 0.6) is 0 Å². The van der Waals surface area contributed by atoms with Crippen LogP contribution in [0.1, 0.15) is 18.4 Å². The van der Waals surface area contributed by atoms with Crippen LogP contribution in [0, 0.1) is 0 Å². The molecule has 0 unspecified atom stereocenters. The largest absolute Gasteiger partial charge is 0.214 e. The molecule has 1 aliphatic rings. The maximum Gasteiger partial charge on any atom is 0.214 e. The third kappa shape index (κ3) is 2.56. The maximum absolute atomic E-state index is 11.8. The van der Waals surface area contributed by atoms with Crippen molar-refractivity contribution in [3.05, 3.63) is 34.9 Å². The van der Waals surface area contributed by atoms with Crippen LogP contribution in [0.4, 0.5) is 0 Å². The highest BCUT2D eigenvalue weighted by molar-refractivity contribution is 7.89. The lowest BCUT2D eigenvalue weighted by Gasteiger charge is -2.26. The highest BCUT2D eigenvalue weighted by Crippen LogP contribution is 2.21. The summed E-state index contributed by atoms with van der Waals surface area (Å²) in [4.78, 5) is 0. The van der Waals surface area contributed by atoms with E-state index in [1.165, 1.54) is 4.31 Å². The normalized spacial score (nSPS) is 20.8. The Bertz CT molecular complexity index is 473. The van der Waals surface area contributed by atoms with Crippen molar-refractivity contribution in [1.29, 1.82) is 0 Å². The van der Waals surface area contributed by atoms with Gasteiger partial charge in [0.25, 0.3) is 0 Å². The van der Waals surface area contributed by atoms with Crippen LogP contribution in [-0.2, 0) is 16.6 Å². The average Bonchev–Trinajstić information content (AvgIpc) is 2.24. The average molecular weight is 260 g/mol. The molecule has 1 fully saturated rings. The Morgan fingerprint density at radius 2 is 2.00 bits per heavy atom. The smallest absolute Gasteiger partial charge is 0.212 e. The molecule has 0 spiro atoms. The van der Waals surface area contributed by atoms with E-state index < -0.39 is 10.0 Å². The lowest BCUT2D eigenvalue weighted by molar-refractivity contribution is 0.378. The van der Waals surface area contributed by atoms with Crippen LogP contribution in [0.25, 0.3) is 0 Å². The summed E-state index contributed by atoms with van der Waals surface area (Å²) < 4.78 is 25.1. The van der Waals surface area contributed by atoms with Crippen LogP contribution >= 0.6 is 11.6 Å². The van der Waals surface area contributed by atoms with Crippen molar-refractivity contribution in [2.75, 3.05) is 12.3 Å². The van der Waals surface area contributed by atoms with E-state index in [1.54, 1.807) is 6.07 Å². The highest BCUT2D eigenvalue weighted by atomic mass is 35.5. The van der Waals surface area contributed by atoms with Gasteiger partial charge in [0.1, 0.15) is 0 Å². The summed E-state index contributed by atoms with van der Waals surface area (Å²) in [5, 5.41) is 0.628. The van der Waals surface area contributed by atoms with E-state index in [9.17, 15) is 8.42 Å². The van der Waals surface area contributed by atoms with Crippen LogP contribution in [0.3, 0.4) is 0 Å². The zero-order valence-corrected chi connectivity index (χ0v) is 10.5. The van der Waals surface area contributed by atoms with Gasteiger partial charge in [-0.2, -0.15) is 4.31 Å². The molecule has 3 nitrogen and oxygen atoms in total. The van der Waals surface area contributed by atoms with E-state index in [0.717, 1.165) is 18.4 Å². The summed E-state index contributed by atoms with van der Waals surface area (Å²) in [5.74, 6) is 0.261. The molecule has 16 heavy (non-hydrogen) atoms. The van der Waals surface area contributed by atoms with Gasteiger partial charge in [-0.05, 0) is 24.5 Å². The minimum absolute atomic E-state index is 0.261. The Labute approximate surface area is 101 Å². The van der Waals surface area contributed by atoms with E-state index in [2.05, 4.69) is 0 Å². The minimum atomic E-state index is -3.06. The van der Waals surface area contributed by atoms with Crippen molar-refractivity contribution in [3.8, 4) is 0 Å². The standard InChI is InChI=1S/C11H14ClNO2S/c12-11-6-2-1-5-10(11)9-13-7-3-4-8-16(13,14)15/h1-2,5-6H,3-4,7-9H2. The number of sulfonamides is 1. The van der Waals surface area contributed by atoms with Gasteiger partial charge in [0.15, 0.2) is 0 Å². The molecule has 0 bridgehead atoms. The summed E-state index contributed by atoms with van der Waals surface area (Å²) in [5.41, 5.74) is 0.870. The summed E-state index contributed by atoms with van der Waals surface area (Å²) in [6.45, 7) is 0.996. The highest BCUT2D eigenvalue weighted by Gasteiger charge is 2.25. The number of benzene rings is 1. The SMILES string of the molecule is O=S1(=O)CCCCN1Cc1ccccc1Cl. The molecule has 88 valence electrons. The summed E-state index contributed by atoms with van der Waals surface area (Å²) >= 11 is 6.02. The van der Waals surface area contributed by atoms with Gasteiger partial charge in [-0.25, -0.2) is 8.42 Å². The molecule has 1 heterocycles. The van der Waals surface area contributed by atoms with Gasteiger partial charge >= 0.3 is 0 Å². The Hall–Kier alpha value is -0.580. The number of hydrogen-bond donors (Lipinski definition) is 0. The van der Waals surface area contributed by atoms with E-state index in [4.69, 9.17) is 11.6 Å². The van der Waals surface area contributed by atoms with E-state index in [0.29, 0.717) is 18.1 Å². The van der Waals surface area contributed by atoms with Crippen LogP contribution < -0.4 is 0 Å². The second-order valence-corrected chi connectivity index (χ2v) is 6.44. The molecule has 2 rings (SSSR count). The van der Waals surface area contributed by atoms with Gasteiger partial charge in [-0.1, -0.05) is 29.8 Å². The first-order valence-electron chi connectivity index (χ1n) is 5.31. The van der Waals surface area contributed by atoms with Crippen LogP contribution in [0.15, 0.2) is 24.3 Å². The van der Waals surface area contributed by atoms with E-state index >= 15 is 0 Å². The van der Waals surface area contributed by atoms with Gasteiger partial charge in [-0.15, -0.1) is 0 Å². The predicted molar refractivity (Wildman–Crippen MR) is 64.9 cm³/mol. The summed E-state index contributed by atoms with van der Waals surface area (Å²) in [6.07, 6.45) is 1.70. The lowest BCUT2D eigenvalue weighted by atomic mass is 10.2. The monoisotopic (exact) mass is 259 g/mol. The first-order chi connectivity index (χ1) is 7.59. The molecular formula is C11H14ClNO2S. The fourth-order valence-electron chi connectivity index (χ4n) is 1.83. The van der Waals surface area contributed by atoms with Crippen molar-refractivity contribution < 1.29 is 8.42 Å². The summed E-state index contributed by atoms with van der Waals surface area (Å²) in [6, 6.07) is 7.37. The molecule has 5 heteroatoms. The molecule has 1 saturated heterocycles. The number of hydrogen-bond acceptors (Lipinski definition) is 2. The summed E-state index contributed by atoms with van der Waals surface area (Å²) in [7, 11) is -3.06. The molecule has 0 atom stereocenters. The van der Waals surface area contributed by atoms with Gasteiger partial charge in [-0.3, -0.25) is 0 Å². The maximum atomic E-state index is 11.8. The van der Waals surface area contributed by atoms with Gasteiger partial charge < -0.3 is 0 Å². The zero-order chi connectivity index (χ0) is 11.6. The van der Waals surface area contributed by atoms with Crippen molar-refractivity contribution in [1.82, 2.24) is 4.31 Å². The number of nitrogens with zero attached hydrogens (tertiary/aromatic N) is 1. The molecule has 1 aliphatic heterocycles. The van der Waals surface area contributed by atoms with Gasteiger partial charge in [0.05, 0.1) is 5.75 Å². The van der Waals surface area contributed by atoms with E-state index in [-0.39, 0.29) is 5.75 Å². The van der Waals surface area contributed by atoms with Gasteiger partial charge in [0.2, 0.25) is 10.0 Å². The van der Waals surface area contributed by atoms with E-state index in [1.807, 2.05) is 18.2 Å². The quantitative estimate of drug-likeness (QED) is 0.817. The van der Waals surface area contributed by atoms with Crippen LogP contribution in [0.2, 0.25) is 5.02 Å². The first kappa shape index (κ1) is 11.9. The molecule has 0 saturated carbocycles. The van der Waals surface area contributed by atoms with Crippen LogP contribution in [-0.4, -0.2) is 25.0 Å². The number of rotatable bonds is 2. The molecule has 0 N–H and O–H groups in total. The topological polar surface area (TPSA) is 37.4 Å². The zero-order valence-electron chi connectivity index (χ0n) is 8.89. The Kier molecular flexibility index (Phi) is 3.52. The molecule has 0 amide bonds. The predicted octanol–water partition coefficient (Wildman–Crippen LogP) is 2.27. The molecule has 0 aromatic heterocycles. The van der Waals surface area contributed by atoms with Crippen molar-refractivity contribution in [3.63, 3.8) is 0 Å². The Morgan fingerprint density at radius 3 is 2.69 bits per heavy atom. The molecular weight excluding hydrogens is 246 g/mol. The molecule has 1 aromatic carbocycles. The van der Waals surface area contributed by atoms with Crippen molar-refractivity contribution in [2.24, 2.45) is 0 Å². The molecule has 0 aliphatic carbocycles. The first-order valence-corrected chi connectivity index (χ1v) is 7.29. The van der Waals surface area contributed by atoms with Crippen molar-refractivity contribution >= 4 is 21.6 Å². The number of halogens is 1. The minimum Gasteiger partial charge on any atom is -0.212 e. The Morgan fingerprint density at radius 1 is 1.25 bits per heavy atom. The third-order valence-corrected chi connectivity index (χ3v) is 5.03. The molecule has 0 radical (unpaired) electrons.